The van der Waals surface area contributed by atoms with Gasteiger partial charge in [-0.05, 0) is 12.1 Å². The fourth-order valence-corrected chi connectivity index (χ4v) is 1.98. The van der Waals surface area contributed by atoms with Gasteiger partial charge in [-0.2, -0.15) is 10.4 Å². The summed E-state index contributed by atoms with van der Waals surface area (Å²) in [5.41, 5.74) is 8.25. The Kier molecular flexibility index (Phi) is 5.24. The van der Waals surface area contributed by atoms with Crippen LogP contribution < -0.4 is 15.9 Å². The van der Waals surface area contributed by atoms with Gasteiger partial charge in [-0.25, -0.2) is 0 Å². The van der Waals surface area contributed by atoms with Crippen molar-refractivity contribution in [1.29, 1.82) is 10.7 Å². The predicted molar refractivity (Wildman–Crippen MR) is 87.1 cm³/mol. The highest BCUT2D eigenvalue weighted by Crippen LogP contribution is 2.37. The number of anilines is 1. The van der Waals surface area contributed by atoms with Crippen LogP contribution in [0.25, 0.3) is 11.1 Å². The van der Waals surface area contributed by atoms with E-state index < -0.39 is 12.2 Å². The van der Waals surface area contributed by atoms with E-state index in [0.29, 0.717) is 11.3 Å². The molecule has 128 valence electrons. The largest absolute Gasteiger partial charge is 0.573 e. The molecule has 25 heavy (non-hydrogen) atoms. The third-order valence-electron chi connectivity index (χ3n) is 2.98. The Hall–Kier alpha value is -3.54. The molecule has 0 saturated heterocycles. The minimum Gasteiger partial charge on any atom is -0.405 e. The van der Waals surface area contributed by atoms with E-state index in [1.54, 1.807) is 36.4 Å². The molecule has 0 spiro atoms. The van der Waals surface area contributed by atoms with Crippen molar-refractivity contribution in [2.75, 3.05) is 5.43 Å². The number of amidine groups is 1. The molecule has 0 unspecified atom stereocenters. The summed E-state index contributed by atoms with van der Waals surface area (Å²) in [6.07, 6.45) is -4.83. The van der Waals surface area contributed by atoms with Gasteiger partial charge >= 0.3 is 6.36 Å². The van der Waals surface area contributed by atoms with Gasteiger partial charge in [-0.1, -0.05) is 36.4 Å². The van der Waals surface area contributed by atoms with E-state index in [0.717, 1.165) is 0 Å². The SMILES string of the molecule is N#C/C(=N\Nc1ccccc1-c1ccccc1OC(F)(F)F)C(=N)N. The van der Waals surface area contributed by atoms with Crippen LogP contribution in [0.5, 0.6) is 5.75 Å². The van der Waals surface area contributed by atoms with Crippen LogP contribution in [0.15, 0.2) is 53.6 Å². The topological polar surface area (TPSA) is 107 Å². The number of nitrogens with one attached hydrogen (secondary N) is 2. The number of rotatable bonds is 5. The summed E-state index contributed by atoms with van der Waals surface area (Å²) in [4.78, 5) is 0. The molecule has 0 aromatic heterocycles. The summed E-state index contributed by atoms with van der Waals surface area (Å²) < 4.78 is 41.8. The van der Waals surface area contributed by atoms with E-state index in [9.17, 15) is 13.2 Å². The predicted octanol–water partition coefficient (Wildman–Crippen LogP) is 3.48. The van der Waals surface area contributed by atoms with Crippen LogP contribution >= 0.6 is 0 Å². The lowest BCUT2D eigenvalue weighted by Gasteiger charge is -2.15. The molecule has 9 heteroatoms. The highest BCUT2D eigenvalue weighted by atomic mass is 19.4. The van der Waals surface area contributed by atoms with Crippen molar-refractivity contribution in [3.63, 3.8) is 0 Å². The first-order valence-corrected chi connectivity index (χ1v) is 6.84. The third-order valence-corrected chi connectivity index (χ3v) is 2.98. The summed E-state index contributed by atoms with van der Waals surface area (Å²) in [7, 11) is 0. The monoisotopic (exact) mass is 347 g/mol. The van der Waals surface area contributed by atoms with E-state index in [2.05, 4.69) is 15.3 Å². The van der Waals surface area contributed by atoms with Crippen molar-refractivity contribution < 1.29 is 17.9 Å². The highest BCUT2D eigenvalue weighted by molar-refractivity contribution is 6.45. The minimum absolute atomic E-state index is 0.180. The van der Waals surface area contributed by atoms with E-state index in [1.165, 1.54) is 18.2 Å². The first kappa shape index (κ1) is 17.8. The van der Waals surface area contributed by atoms with Crippen LogP contribution in [0.4, 0.5) is 18.9 Å². The summed E-state index contributed by atoms with van der Waals surface area (Å²) in [6, 6.07) is 13.7. The number of para-hydroxylation sites is 2. The zero-order valence-electron chi connectivity index (χ0n) is 12.6. The number of nitrogens with zero attached hydrogens (tertiary/aromatic N) is 2. The molecule has 0 aliphatic carbocycles. The van der Waals surface area contributed by atoms with Gasteiger partial charge in [0.15, 0.2) is 5.84 Å². The van der Waals surface area contributed by atoms with E-state index in [4.69, 9.17) is 16.4 Å². The van der Waals surface area contributed by atoms with Crippen molar-refractivity contribution in [3.05, 3.63) is 48.5 Å². The molecule has 0 bridgehead atoms. The zero-order valence-corrected chi connectivity index (χ0v) is 12.6. The van der Waals surface area contributed by atoms with Crippen LogP contribution in [-0.4, -0.2) is 17.9 Å². The summed E-state index contributed by atoms with van der Waals surface area (Å²) in [6.45, 7) is 0. The zero-order chi connectivity index (χ0) is 18.4. The number of hydrogen-bond donors (Lipinski definition) is 3. The van der Waals surface area contributed by atoms with Gasteiger partial charge in [0, 0.05) is 11.1 Å². The molecule has 0 saturated carbocycles. The lowest BCUT2D eigenvalue weighted by atomic mass is 10.0. The number of halogens is 3. The third kappa shape index (κ3) is 4.71. The van der Waals surface area contributed by atoms with Gasteiger partial charge in [-0.15, -0.1) is 13.2 Å². The molecule has 0 aliphatic heterocycles. The second-order valence-corrected chi connectivity index (χ2v) is 4.69. The van der Waals surface area contributed by atoms with Gasteiger partial charge in [0.25, 0.3) is 0 Å². The average molecular weight is 347 g/mol. The van der Waals surface area contributed by atoms with Crippen LogP contribution in [0.3, 0.4) is 0 Å². The molecule has 0 fully saturated rings. The van der Waals surface area contributed by atoms with E-state index in [1.807, 2.05) is 0 Å². The number of nitriles is 1. The van der Waals surface area contributed by atoms with E-state index in [-0.39, 0.29) is 17.0 Å². The smallest absolute Gasteiger partial charge is 0.405 e. The average Bonchev–Trinajstić information content (AvgIpc) is 2.55. The lowest BCUT2D eigenvalue weighted by molar-refractivity contribution is -0.274. The standard InChI is InChI=1S/C16H12F3N5O/c17-16(18,19)25-14-8-4-2-6-11(14)10-5-1-3-7-12(10)23-24-13(9-20)15(21)22/h1-8,23H,(H3,21,22)/b24-13+. The normalized spacial score (nSPS) is 11.5. The van der Waals surface area contributed by atoms with Gasteiger partial charge in [0.05, 0.1) is 5.69 Å². The second-order valence-electron chi connectivity index (χ2n) is 4.69. The Bertz CT molecular complexity index is 855. The lowest BCUT2D eigenvalue weighted by Crippen LogP contribution is -2.22. The van der Waals surface area contributed by atoms with Crippen LogP contribution in [0.2, 0.25) is 0 Å². The number of hydrazone groups is 1. The molecule has 4 N–H and O–H groups in total. The fourth-order valence-electron chi connectivity index (χ4n) is 1.98. The molecular formula is C16H12F3N5O. The van der Waals surface area contributed by atoms with Crippen molar-refractivity contribution in [1.82, 2.24) is 0 Å². The Morgan fingerprint density at radius 3 is 2.32 bits per heavy atom. The minimum atomic E-state index is -4.83. The molecular weight excluding hydrogens is 335 g/mol. The van der Waals surface area contributed by atoms with Gasteiger partial charge in [0.2, 0.25) is 5.71 Å². The summed E-state index contributed by atoms with van der Waals surface area (Å²) >= 11 is 0. The molecule has 2 aromatic rings. The number of alkyl halides is 3. The van der Waals surface area contributed by atoms with E-state index >= 15 is 0 Å². The van der Waals surface area contributed by atoms with Crippen molar-refractivity contribution in [2.24, 2.45) is 10.8 Å². The Morgan fingerprint density at radius 1 is 1.12 bits per heavy atom. The molecule has 0 amide bonds. The number of ether oxygens (including phenoxy) is 1. The Labute approximate surface area is 140 Å². The Balaban J connectivity index is 2.46. The number of hydrogen-bond acceptors (Lipinski definition) is 5. The van der Waals surface area contributed by atoms with Gasteiger partial charge in [0.1, 0.15) is 11.8 Å². The first-order valence-electron chi connectivity index (χ1n) is 6.84. The highest BCUT2D eigenvalue weighted by Gasteiger charge is 2.32. The molecule has 2 aromatic carbocycles. The summed E-state index contributed by atoms with van der Waals surface area (Å²) in [5.74, 6) is -0.909. The molecule has 6 nitrogen and oxygen atoms in total. The maximum Gasteiger partial charge on any atom is 0.573 e. The number of benzene rings is 2. The fraction of sp³-hybridized carbons (Fsp3) is 0.0625. The maximum atomic E-state index is 12.6. The van der Waals surface area contributed by atoms with Crippen LogP contribution in [-0.2, 0) is 0 Å². The number of nitrogens with two attached hydrogens (primary N) is 1. The molecule has 0 heterocycles. The maximum absolute atomic E-state index is 12.6. The van der Waals surface area contributed by atoms with Crippen LogP contribution in [0, 0.1) is 16.7 Å². The van der Waals surface area contributed by atoms with Gasteiger partial charge in [-0.3, -0.25) is 10.8 Å². The van der Waals surface area contributed by atoms with Crippen LogP contribution in [0.1, 0.15) is 0 Å². The Morgan fingerprint density at radius 2 is 1.72 bits per heavy atom. The molecule has 0 radical (unpaired) electrons. The first-order chi connectivity index (χ1) is 11.8. The van der Waals surface area contributed by atoms with Crippen molar-refractivity contribution in [3.8, 4) is 22.9 Å². The summed E-state index contributed by atoms with van der Waals surface area (Å²) in [5, 5.41) is 19.7. The van der Waals surface area contributed by atoms with Crippen molar-refractivity contribution in [2.45, 2.75) is 6.36 Å². The quantitative estimate of drug-likeness (QED) is 0.437. The second kappa shape index (κ2) is 7.35. The molecule has 0 aliphatic rings. The van der Waals surface area contributed by atoms with Gasteiger partial charge < -0.3 is 10.5 Å². The molecule has 2 rings (SSSR count). The van der Waals surface area contributed by atoms with Crippen molar-refractivity contribution >= 4 is 17.2 Å². The molecule has 0 atom stereocenters.